The SMILES string of the molecule is C=C(C)C(=O)OCCOC(=O)C1CC(C(=O)OCC(F)(F)C(F)(F)F)CCC1C(=O)OCC(F)(F)C(F)(F)F. The van der Waals surface area contributed by atoms with Crippen LogP contribution < -0.4 is 0 Å². The van der Waals surface area contributed by atoms with E-state index in [1.54, 1.807) is 0 Å². The van der Waals surface area contributed by atoms with Gasteiger partial charge in [-0.15, -0.1) is 0 Å². The van der Waals surface area contributed by atoms with E-state index in [-0.39, 0.29) is 5.57 Å². The Kier molecular flexibility index (Phi) is 11.2. The number of esters is 4. The number of ether oxygens (including phenoxy) is 4. The first kappa shape index (κ1) is 33.9. The fourth-order valence-electron chi connectivity index (χ4n) is 3.15. The van der Waals surface area contributed by atoms with E-state index >= 15 is 0 Å². The molecule has 0 radical (unpaired) electrons. The van der Waals surface area contributed by atoms with Gasteiger partial charge in [0.05, 0.1) is 17.8 Å². The molecule has 0 N–H and O–H groups in total. The van der Waals surface area contributed by atoms with E-state index in [0.29, 0.717) is 0 Å². The first-order valence-electron chi connectivity index (χ1n) is 10.8. The molecule has 0 spiro atoms. The normalized spacial score (nSPS) is 20.5. The molecule has 18 heteroatoms. The summed E-state index contributed by atoms with van der Waals surface area (Å²) in [6.45, 7) is -1.47. The highest BCUT2D eigenvalue weighted by molar-refractivity contribution is 5.87. The van der Waals surface area contributed by atoms with Crippen LogP contribution in [0.4, 0.5) is 43.9 Å². The Balaban J connectivity index is 2.96. The summed E-state index contributed by atoms with van der Waals surface area (Å²) in [5.74, 6) is -21.6. The highest BCUT2D eigenvalue weighted by atomic mass is 19.4. The van der Waals surface area contributed by atoms with Crippen molar-refractivity contribution in [2.24, 2.45) is 17.8 Å². The van der Waals surface area contributed by atoms with Gasteiger partial charge in [-0.25, -0.2) is 4.79 Å². The quantitative estimate of drug-likeness (QED) is 0.116. The fraction of sp³-hybridized carbons (Fsp3) is 0.714. The summed E-state index contributed by atoms with van der Waals surface area (Å²) in [7, 11) is 0. The van der Waals surface area contributed by atoms with Gasteiger partial charge in [-0.1, -0.05) is 6.58 Å². The summed E-state index contributed by atoms with van der Waals surface area (Å²) < 4.78 is 144. The van der Waals surface area contributed by atoms with Crippen LogP contribution in [0.1, 0.15) is 26.2 Å². The van der Waals surface area contributed by atoms with Crippen LogP contribution in [-0.2, 0) is 38.1 Å². The largest absolute Gasteiger partial charge is 0.462 e. The lowest BCUT2D eigenvalue weighted by Gasteiger charge is -2.33. The Bertz CT molecular complexity index is 929. The maximum atomic E-state index is 13.1. The Morgan fingerprint density at radius 1 is 0.667 bits per heavy atom. The minimum Gasteiger partial charge on any atom is -0.462 e. The number of carbonyl (C=O) groups is 4. The lowest BCUT2D eigenvalue weighted by Crippen LogP contribution is -2.45. The van der Waals surface area contributed by atoms with Crippen LogP contribution in [0, 0.1) is 17.8 Å². The molecular formula is C21H22F10O8. The molecular weight excluding hydrogens is 570 g/mol. The average molecular weight is 592 g/mol. The number of hydrogen-bond donors (Lipinski definition) is 0. The molecule has 0 saturated heterocycles. The van der Waals surface area contributed by atoms with Crippen LogP contribution in [0.2, 0.25) is 0 Å². The third-order valence-electron chi connectivity index (χ3n) is 5.32. The van der Waals surface area contributed by atoms with Crippen LogP contribution in [0.3, 0.4) is 0 Å². The van der Waals surface area contributed by atoms with Crippen molar-refractivity contribution < 1.29 is 82.0 Å². The second-order valence-electron chi connectivity index (χ2n) is 8.43. The minimum atomic E-state index is -6.08. The molecule has 3 unspecified atom stereocenters. The lowest BCUT2D eigenvalue weighted by atomic mass is 9.74. The van der Waals surface area contributed by atoms with E-state index in [1.807, 2.05) is 0 Å². The summed E-state index contributed by atoms with van der Waals surface area (Å²) in [5.41, 5.74) is -0.0236. The molecule has 1 aliphatic rings. The molecule has 0 bridgehead atoms. The van der Waals surface area contributed by atoms with Gasteiger partial charge in [0.25, 0.3) is 0 Å². The molecule has 224 valence electrons. The Hall–Kier alpha value is -3.08. The molecule has 39 heavy (non-hydrogen) atoms. The van der Waals surface area contributed by atoms with E-state index in [0.717, 1.165) is 0 Å². The molecule has 1 aliphatic carbocycles. The number of hydrogen-bond acceptors (Lipinski definition) is 8. The molecule has 0 aliphatic heterocycles. The van der Waals surface area contributed by atoms with Crippen LogP contribution in [-0.4, -0.2) is 74.5 Å². The number of rotatable bonds is 11. The van der Waals surface area contributed by atoms with Crippen molar-refractivity contribution in [3.8, 4) is 0 Å². The number of carbonyl (C=O) groups excluding carboxylic acids is 4. The molecule has 0 aromatic carbocycles. The maximum Gasteiger partial charge on any atom is 0.456 e. The molecule has 3 atom stereocenters. The van der Waals surface area contributed by atoms with Crippen molar-refractivity contribution >= 4 is 23.9 Å². The second-order valence-corrected chi connectivity index (χ2v) is 8.43. The standard InChI is InChI=1S/C21H22F10O8/c1-10(2)14(32)36-5-6-37-17(35)13-7-11(15(33)38-8-18(22,23)20(26,27)28)3-4-12(13)16(34)39-9-19(24,25)21(29,30)31/h11-13H,1,3-9H2,2H3. The fourth-order valence-corrected chi connectivity index (χ4v) is 3.15. The van der Waals surface area contributed by atoms with Gasteiger partial charge < -0.3 is 18.9 Å². The summed E-state index contributed by atoms with van der Waals surface area (Å²) in [6, 6.07) is 0. The Morgan fingerprint density at radius 3 is 1.56 bits per heavy atom. The summed E-state index contributed by atoms with van der Waals surface area (Å²) in [6.07, 6.45) is -14.1. The first-order chi connectivity index (χ1) is 17.6. The predicted octanol–water partition coefficient (Wildman–Crippen LogP) is 4.16. The first-order valence-corrected chi connectivity index (χ1v) is 10.8. The van der Waals surface area contributed by atoms with E-state index in [1.165, 1.54) is 6.92 Å². The number of alkyl halides is 10. The molecule has 0 aromatic heterocycles. The van der Waals surface area contributed by atoms with Gasteiger partial charge in [0.2, 0.25) is 0 Å². The van der Waals surface area contributed by atoms with E-state index in [2.05, 4.69) is 20.8 Å². The predicted molar refractivity (Wildman–Crippen MR) is 105 cm³/mol. The van der Waals surface area contributed by atoms with Gasteiger partial charge >= 0.3 is 48.1 Å². The smallest absolute Gasteiger partial charge is 0.456 e. The second kappa shape index (κ2) is 12.8. The van der Waals surface area contributed by atoms with Crippen molar-refractivity contribution in [3.63, 3.8) is 0 Å². The van der Waals surface area contributed by atoms with Gasteiger partial charge in [0, 0.05) is 5.57 Å². The lowest BCUT2D eigenvalue weighted by molar-refractivity contribution is -0.295. The van der Waals surface area contributed by atoms with Gasteiger partial charge in [0.15, 0.2) is 13.2 Å². The molecule has 8 nitrogen and oxygen atoms in total. The zero-order chi connectivity index (χ0) is 30.4. The third-order valence-corrected chi connectivity index (χ3v) is 5.32. The Morgan fingerprint density at radius 2 is 1.10 bits per heavy atom. The van der Waals surface area contributed by atoms with Crippen LogP contribution in [0.25, 0.3) is 0 Å². The zero-order valence-electron chi connectivity index (χ0n) is 19.9. The maximum absolute atomic E-state index is 13.1. The topological polar surface area (TPSA) is 105 Å². The summed E-state index contributed by atoms with van der Waals surface area (Å²) in [4.78, 5) is 48.2. The van der Waals surface area contributed by atoms with E-state index < -0.39 is 112 Å². The van der Waals surface area contributed by atoms with Crippen molar-refractivity contribution in [1.82, 2.24) is 0 Å². The molecule has 1 fully saturated rings. The molecule has 1 saturated carbocycles. The minimum absolute atomic E-state index is 0.0236. The highest BCUT2D eigenvalue weighted by Gasteiger charge is 2.60. The van der Waals surface area contributed by atoms with Crippen molar-refractivity contribution in [3.05, 3.63) is 12.2 Å². The highest BCUT2D eigenvalue weighted by Crippen LogP contribution is 2.40. The number of halogens is 10. The summed E-state index contributed by atoms with van der Waals surface area (Å²) in [5, 5.41) is 0. The molecule has 0 amide bonds. The van der Waals surface area contributed by atoms with Gasteiger partial charge in [-0.2, -0.15) is 43.9 Å². The summed E-state index contributed by atoms with van der Waals surface area (Å²) >= 11 is 0. The monoisotopic (exact) mass is 592 g/mol. The van der Waals surface area contributed by atoms with Crippen molar-refractivity contribution in [2.45, 2.75) is 50.4 Å². The van der Waals surface area contributed by atoms with Gasteiger partial charge in [-0.05, 0) is 26.2 Å². The Labute approximate surface area is 213 Å². The molecule has 1 rings (SSSR count). The van der Waals surface area contributed by atoms with E-state index in [4.69, 9.17) is 4.74 Å². The molecule has 0 heterocycles. The van der Waals surface area contributed by atoms with Crippen molar-refractivity contribution in [1.29, 1.82) is 0 Å². The van der Waals surface area contributed by atoms with Crippen molar-refractivity contribution in [2.75, 3.05) is 26.4 Å². The third kappa shape index (κ3) is 9.56. The molecule has 0 aromatic rings. The van der Waals surface area contributed by atoms with Gasteiger partial charge in [0.1, 0.15) is 13.2 Å². The van der Waals surface area contributed by atoms with Gasteiger partial charge in [-0.3, -0.25) is 14.4 Å². The van der Waals surface area contributed by atoms with Crippen LogP contribution >= 0.6 is 0 Å². The van der Waals surface area contributed by atoms with Crippen LogP contribution in [0.15, 0.2) is 12.2 Å². The van der Waals surface area contributed by atoms with Crippen LogP contribution in [0.5, 0.6) is 0 Å². The van der Waals surface area contributed by atoms with E-state index in [9.17, 15) is 63.1 Å². The zero-order valence-corrected chi connectivity index (χ0v) is 19.9. The average Bonchev–Trinajstić information content (AvgIpc) is 2.81.